The van der Waals surface area contributed by atoms with Gasteiger partial charge in [0.2, 0.25) is 15.9 Å². The maximum Gasteiger partial charge on any atom is 0.321 e. The van der Waals surface area contributed by atoms with E-state index in [1.807, 2.05) is 25.7 Å². The Morgan fingerprint density at radius 3 is 2.54 bits per heavy atom. The zero-order valence-corrected chi connectivity index (χ0v) is 17.5. The van der Waals surface area contributed by atoms with Gasteiger partial charge in [-0.25, -0.2) is 17.9 Å². The molecule has 8 nitrogen and oxygen atoms in total. The second-order valence-electron chi connectivity index (χ2n) is 7.58. The molecule has 0 saturated carbocycles. The number of carbonyl (C=O) groups is 2. The maximum atomic E-state index is 12.4. The van der Waals surface area contributed by atoms with Crippen molar-refractivity contribution in [3.8, 4) is 0 Å². The van der Waals surface area contributed by atoms with Crippen molar-refractivity contribution in [2.24, 2.45) is 5.92 Å². The highest BCUT2D eigenvalue weighted by molar-refractivity contribution is 7.89. The predicted octanol–water partition coefficient (Wildman–Crippen LogP) is 1.22. The van der Waals surface area contributed by atoms with E-state index in [2.05, 4.69) is 15.4 Å². The predicted molar refractivity (Wildman–Crippen MR) is 107 cm³/mol. The number of imide groups is 1. The monoisotopic (exact) mass is 410 g/mol. The van der Waals surface area contributed by atoms with E-state index < -0.39 is 16.1 Å². The number of hydrogen-bond donors (Lipinski definition) is 3. The molecule has 9 heteroatoms. The Morgan fingerprint density at radius 2 is 1.89 bits per heavy atom. The first kappa shape index (κ1) is 22.3. The molecule has 0 spiro atoms. The third-order valence-electron chi connectivity index (χ3n) is 4.54. The number of carbonyl (C=O) groups excluding carboxylic acids is 2. The van der Waals surface area contributed by atoms with Crippen molar-refractivity contribution in [1.29, 1.82) is 0 Å². The number of urea groups is 1. The fraction of sp³-hybridized carbons (Fsp3) is 0.579. The van der Waals surface area contributed by atoms with Gasteiger partial charge < -0.3 is 5.32 Å². The molecule has 1 atom stereocenters. The normalized spacial score (nSPS) is 18.1. The molecule has 1 aliphatic heterocycles. The topological polar surface area (TPSA) is 108 Å². The van der Waals surface area contributed by atoms with Crippen LogP contribution < -0.4 is 15.4 Å². The molecule has 156 valence electrons. The van der Waals surface area contributed by atoms with Crippen molar-refractivity contribution in [1.82, 2.24) is 20.3 Å². The zero-order chi connectivity index (χ0) is 20.7. The van der Waals surface area contributed by atoms with Gasteiger partial charge in [-0.2, -0.15) is 0 Å². The first-order valence-electron chi connectivity index (χ1n) is 9.55. The molecular formula is C19H30N4O4S. The third kappa shape index (κ3) is 7.21. The Balaban J connectivity index is 1.82. The van der Waals surface area contributed by atoms with Crippen LogP contribution in [-0.2, 0) is 14.8 Å². The van der Waals surface area contributed by atoms with Gasteiger partial charge in [-0.3, -0.25) is 15.0 Å². The number of rotatable bonds is 7. The summed E-state index contributed by atoms with van der Waals surface area (Å²) in [5.41, 5.74) is 1.00. The Bertz CT molecular complexity index is 778. The van der Waals surface area contributed by atoms with Crippen molar-refractivity contribution >= 4 is 22.0 Å². The summed E-state index contributed by atoms with van der Waals surface area (Å²) in [6.07, 6.45) is 1.77. The summed E-state index contributed by atoms with van der Waals surface area (Å²) in [4.78, 5) is 25.8. The smallest absolute Gasteiger partial charge is 0.321 e. The van der Waals surface area contributed by atoms with Crippen LogP contribution in [0.25, 0.3) is 0 Å². The van der Waals surface area contributed by atoms with Crippen LogP contribution in [0.5, 0.6) is 0 Å². The Morgan fingerprint density at radius 1 is 1.21 bits per heavy atom. The van der Waals surface area contributed by atoms with Gasteiger partial charge in [0, 0.05) is 19.1 Å². The fourth-order valence-corrected chi connectivity index (χ4v) is 4.27. The molecule has 3 amide bonds. The van der Waals surface area contributed by atoms with Gasteiger partial charge >= 0.3 is 6.03 Å². The second-order valence-corrected chi connectivity index (χ2v) is 9.35. The molecule has 1 aliphatic rings. The molecule has 0 aliphatic carbocycles. The maximum absolute atomic E-state index is 12.4. The molecule has 0 aromatic heterocycles. The second kappa shape index (κ2) is 9.99. The van der Waals surface area contributed by atoms with Crippen LogP contribution in [0, 0.1) is 12.8 Å². The largest absolute Gasteiger partial charge is 0.336 e. The summed E-state index contributed by atoms with van der Waals surface area (Å²) >= 11 is 0. The lowest BCUT2D eigenvalue weighted by molar-refractivity contribution is -0.121. The number of hydrogen-bond acceptors (Lipinski definition) is 5. The van der Waals surface area contributed by atoms with E-state index in [0.717, 1.165) is 24.9 Å². The number of piperidine rings is 1. The van der Waals surface area contributed by atoms with Crippen LogP contribution in [0.3, 0.4) is 0 Å². The Hall–Kier alpha value is -1.97. The molecule has 2 rings (SSSR count). The van der Waals surface area contributed by atoms with E-state index >= 15 is 0 Å². The molecule has 1 fully saturated rings. The lowest BCUT2D eigenvalue weighted by atomic mass is 9.98. The average molecular weight is 411 g/mol. The minimum atomic E-state index is -3.55. The summed E-state index contributed by atoms with van der Waals surface area (Å²) in [7, 11) is -3.55. The number of aryl methyl sites for hydroxylation is 1. The molecule has 1 aromatic rings. The fourth-order valence-electron chi connectivity index (χ4n) is 3.16. The van der Waals surface area contributed by atoms with E-state index in [1.54, 1.807) is 24.3 Å². The molecule has 28 heavy (non-hydrogen) atoms. The molecule has 0 radical (unpaired) electrons. The van der Waals surface area contributed by atoms with Gasteiger partial charge in [-0.15, -0.1) is 0 Å². The van der Waals surface area contributed by atoms with E-state index in [0.29, 0.717) is 13.1 Å². The quantitative estimate of drug-likeness (QED) is 0.626. The molecule has 1 heterocycles. The summed E-state index contributed by atoms with van der Waals surface area (Å²) in [5, 5.41) is 4.92. The van der Waals surface area contributed by atoms with Crippen molar-refractivity contribution < 1.29 is 18.0 Å². The van der Waals surface area contributed by atoms with Crippen LogP contribution >= 0.6 is 0 Å². The Labute approximate surface area is 167 Å². The zero-order valence-electron chi connectivity index (χ0n) is 16.7. The summed E-state index contributed by atoms with van der Waals surface area (Å²) in [6, 6.07) is 6.18. The van der Waals surface area contributed by atoms with Gasteiger partial charge in [-0.05, 0) is 58.2 Å². The van der Waals surface area contributed by atoms with Gasteiger partial charge in [0.1, 0.15) is 0 Å². The van der Waals surface area contributed by atoms with Crippen LogP contribution in [-0.4, -0.2) is 57.5 Å². The number of nitrogens with zero attached hydrogens (tertiary/aromatic N) is 1. The third-order valence-corrected chi connectivity index (χ3v) is 5.98. The van der Waals surface area contributed by atoms with Crippen molar-refractivity contribution in [2.45, 2.75) is 44.6 Å². The van der Waals surface area contributed by atoms with Crippen molar-refractivity contribution in [3.63, 3.8) is 0 Å². The number of nitrogens with one attached hydrogen (secondary N) is 3. The number of amides is 3. The van der Waals surface area contributed by atoms with Gasteiger partial charge in [0.25, 0.3) is 0 Å². The molecule has 1 saturated heterocycles. The van der Waals surface area contributed by atoms with Gasteiger partial charge in [0.05, 0.1) is 11.4 Å². The first-order chi connectivity index (χ1) is 13.2. The summed E-state index contributed by atoms with van der Waals surface area (Å²) in [5.74, 6) is -0.245. The molecule has 0 bridgehead atoms. The SMILES string of the molecule is Cc1ccc(S(=O)(=O)NCC2CCCN(CC(=O)NC(=O)NC(C)C)C2)cc1. The van der Waals surface area contributed by atoms with Crippen LogP contribution in [0.4, 0.5) is 4.79 Å². The highest BCUT2D eigenvalue weighted by Crippen LogP contribution is 2.17. The lowest BCUT2D eigenvalue weighted by Gasteiger charge is -2.32. The van der Waals surface area contributed by atoms with E-state index in [4.69, 9.17) is 0 Å². The van der Waals surface area contributed by atoms with Crippen molar-refractivity contribution in [2.75, 3.05) is 26.2 Å². The van der Waals surface area contributed by atoms with Gasteiger partial charge in [0.15, 0.2) is 0 Å². The van der Waals surface area contributed by atoms with Crippen LogP contribution in [0.15, 0.2) is 29.2 Å². The van der Waals surface area contributed by atoms with E-state index in [1.165, 1.54) is 0 Å². The number of likely N-dealkylation sites (tertiary alicyclic amines) is 1. The average Bonchev–Trinajstić information content (AvgIpc) is 2.60. The van der Waals surface area contributed by atoms with Crippen molar-refractivity contribution in [3.05, 3.63) is 29.8 Å². The highest BCUT2D eigenvalue weighted by Gasteiger charge is 2.24. The highest BCUT2D eigenvalue weighted by atomic mass is 32.2. The summed E-state index contributed by atoms with van der Waals surface area (Å²) in [6.45, 7) is 7.34. The molecule has 1 unspecified atom stereocenters. The minimum absolute atomic E-state index is 0.0475. The van der Waals surface area contributed by atoms with Gasteiger partial charge in [-0.1, -0.05) is 17.7 Å². The lowest BCUT2D eigenvalue weighted by Crippen LogP contribution is -2.49. The first-order valence-corrected chi connectivity index (χ1v) is 11.0. The van der Waals surface area contributed by atoms with Crippen LogP contribution in [0.2, 0.25) is 0 Å². The molecular weight excluding hydrogens is 380 g/mol. The molecule has 3 N–H and O–H groups in total. The number of sulfonamides is 1. The summed E-state index contributed by atoms with van der Waals surface area (Å²) < 4.78 is 27.5. The molecule has 1 aromatic carbocycles. The minimum Gasteiger partial charge on any atom is -0.336 e. The number of benzene rings is 1. The Kier molecular flexibility index (Phi) is 7.97. The van der Waals surface area contributed by atoms with Crippen LogP contribution in [0.1, 0.15) is 32.3 Å². The van der Waals surface area contributed by atoms with E-state index in [-0.39, 0.29) is 29.3 Å². The van der Waals surface area contributed by atoms with E-state index in [9.17, 15) is 18.0 Å². The standard InChI is InChI=1S/C19H30N4O4S/c1-14(2)21-19(25)22-18(24)13-23-10-4-5-16(12-23)11-20-28(26,27)17-8-6-15(3)7-9-17/h6-9,14,16,20H,4-5,10-13H2,1-3H3,(H2,21,22,24,25).